The fourth-order valence-corrected chi connectivity index (χ4v) is 1.13. The molecule has 0 saturated carbocycles. The van der Waals surface area contributed by atoms with Crippen molar-refractivity contribution in [2.45, 2.75) is 33.1 Å². The van der Waals surface area contributed by atoms with E-state index in [1.54, 1.807) is 0 Å². The predicted molar refractivity (Wildman–Crippen MR) is 47.3 cm³/mol. The summed E-state index contributed by atoms with van der Waals surface area (Å²) in [6.45, 7) is 7.72. The molecule has 0 aliphatic rings. The van der Waals surface area contributed by atoms with Crippen molar-refractivity contribution in [1.82, 2.24) is 4.90 Å². The molecule has 0 bridgehead atoms. The summed E-state index contributed by atoms with van der Waals surface area (Å²) >= 11 is 0. The first-order chi connectivity index (χ1) is 5.35. The van der Waals surface area contributed by atoms with Crippen LogP contribution in [0.2, 0.25) is 0 Å². The molecule has 0 radical (unpaired) electrons. The van der Waals surface area contributed by atoms with Crippen molar-refractivity contribution in [3.63, 3.8) is 0 Å². The summed E-state index contributed by atoms with van der Waals surface area (Å²) < 4.78 is 0. The molecule has 0 saturated heterocycles. The second kappa shape index (κ2) is 7.56. The Hall–Kier alpha value is -0.550. The minimum absolute atomic E-state index is 0.695. The van der Waals surface area contributed by atoms with E-state index >= 15 is 0 Å². The second-order valence-electron chi connectivity index (χ2n) is 2.70. The van der Waals surface area contributed by atoms with Crippen LogP contribution in [0.5, 0.6) is 0 Å². The van der Waals surface area contributed by atoms with Crippen LogP contribution in [0, 0.1) is 11.3 Å². The highest BCUT2D eigenvalue weighted by molar-refractivity contribution is 4.69. The van der Waals surface area contributed by atoms with E-state index in [1.807, 2.05) is 0 Å². The molecule has 0 unspecified atom stereocenters. The lowest BCUT2D eigenvalue weighted by molar-refractivity contribution is 0.286. The highest BCUT2D eigenvalue weighted by atomic mass is 15.1. The molecule has 0 aromatic heterocycles. The van der Waals surface area contributed by atoms with Gasteiger partial charge in [0.1, 0.15) is 0 Å². The zero-order chi connectivity index (χ0) is 8.53. The molecule has 0 atom stereocenters. The van der Waals surface area contributed by atoms with Crippen LogP contribution in [-0.2, 0) is 0 Å². The first-order valence-corrected chi connectivity index (χ1v) is 4.44. The van der Waals surface area contributed by atoms with Crippen LogP contribution in [0.3, 0.4) is 0 Å². The average molecular weight is 154 g/mol. The number of hydrogen-bond donors (Lipinski definition) is 0. The van der Waals surface area contributed by atoms with E-state index in [4.69, 9.17) is 5.26 Å². The zero-order valence-corrected chi connectivity index (χ0v) is 7.64. The fourth-order valence-electron chi connectivity index (χ4n) is 1.13. The highest BCUT2D eigenvalue weighted by Crippen LogP contribution is 1.95. The molecule has 0 heterocycles. The first-order valence-electron chi connectivity index (χ1n) is 4.44. The van der Waals surface area contributed by atoms with Gasteiger partial charge in [0.2, 0.25) is 0 Å². The summed E-state index contributed by atoms with van der Waals surface area (Å²) in [4.78, 5) is 2.39. The number of hydrogen-bond acceptors (Lipinski definition) is 2. The lowest BCUT2D eigenvalue weighted by Crippen LogP contribution is -2.25. The third kappa shape index (κ3) is 5.87. The van der Waals surface area contributed by atoms with Crippen molar-refractivity contribution < 1.29 is 0 Å². The summed E-state index contributed by atoms with van der Waals surface area (Å²) in [6.07, 6.45) is 2.92. The Morgan fingerprint density at radius 3 is 2.45 bits per heavy atom. The van der Waals surface area contributed by atoms with Gasteiger partial charge in [-0.25, -0.2) is 0 Å². The van der Waals surface area contributed by atoms with E-state index in [1.165, 1.54) is 13.0 Å². The molecule has 2 nitrogen and oxygen atoms in total. The van der Waals surface area contributed by atoms with Crippen molar-refractivity contribution in [2.75, 3.05) is 19.6 Å². The van der Waals surface area contributed by atoms with Crippen molar-refractivity contribution >= 4 is 0 Å². The normalized spacial score (nSPS) is 10.0. The number of rotatable bonds is 6. The molecule has 0 amide bonds. The van der Waals surface area contributed by atoms with Crippen molar-refractivity contribution in [3.8, 4) is 6.07 Å². The van der Waals surface area contributed by atoms with Gasteiger partial charge in [0, 0.05) is 6.42 Å². The lowest BCUT2D eigenvalue weighted by atomic mass is 10.3. The first kappa shape index (κ1) is 10.4. The Balaban J connectivity index is 3.29. The van der Waals surface area contributed by atoms with Crippen LogP contribution in [0.15, 0.2) is 0 Å². The van der Waals surface area contributed by atoms with E-state index < -0.39 is 0 Å². The monoisotopic (exact) mass is 154 g/mol. The van der Waals surface area contributed by atoms with Gasteiger partial charge in [0.25, 0.3) is 0 Å². The van der Waals surface area contributed by atoms with Gasteiger partial charge < -0.3 is 4.90 Å². The molecule has 2 heteroatoms. The van der Waals surface area contributed by atoms with Gasteiger partial charge in [-0.05, 0) is 32.5 Å². The maximum absolute atomic E-state index is 8.31. The third-order valence-electron chi connectivity index (χ3n) is 1.75. The largest absolute Gasteiger partial charge is 0.304 e. The van der Waals surface area contributed by atoms with Crippen LogP contribution >= 0.6 is 0 Å². The molecule has 0 aromatic carbocycles. The van der Waals surface area contributed by atoms with Gasteiger partial charge in [0.05, 0.1) is 6.07 Å². The van der Waals surface area contributed by atoms with E-state index in [0.29, 0.717) is 6.42 Å². The minimum atomic E-state index is 0.695. The molecule has 11 heavy (non-hydrogen) atoms. The molecule has 64 valence electrons. The van der Waals surface area contributed by atoms with E-state index in [2.05, 4.69) is 24.8 Å². The van der Waals surface area contributed by atoms with Crippen molar-refractivity contribution in [1.29, 1.82) is 5.26 Å². The smallest absolute Gasteiger partial charge is 0.0622 e. The number of nitrogens with zero attached hydrogens (tertiary/aromatic N) is 2. The summed E-state index contributed by atoms with van der Waals surface area (Å²) in [5.41, 5.74) is 0. The maximum Gasteiger partial charge on any atom is 0.0622 e. The molecular formula is C9H18N2. The number of unbranched alkanes of at least 4 members (excludes halogenated alkanes) is 1. The molecule has 0 spiro atoms. The van der Waals surface area contributed by atoms with Crippen LogP contribution in [0.1, 0.15) is 33.1 Å². The van der Waals surface area contributed by atoms with Gasteiger partial charge >= 0.3 is 0 Å². The number of nitriles is 1. The van der Waals surface area contributed by atoms with Crippen LogP contribution < -0.4 is 0 Å². The van der Waals surface area contributed by atoms with Crippen LogP contribution in [0.4, 0.5) is 0 Å². The highest BCUT2D eigenvalue weighted by Gasteiger charge is 1.98. The van der Waals surface area contributed by atoms with Gasteiger partial charge in [0.15, 0.2) is 0 Å². The van der Waals surface area contributed by atoms with Gasteiger partial charge in [-0.3, -0.25) is 0 Å². The van der Waals surface area contributed by atoms with Gasteiger partial charge in [-0.1, -0.05) is 13.8 Å². The Bertz CT molecular complexity index is 115. The Labute approximate surface area is 69.8 Å². The van der Waals surface area contributed by atoms with Crippen molar-refractivity contribution in [2.24, 2.45) is 0 Å². The molecule has 0 aromatic rings. The zero-order valence-electron chi connectivity index (χ0n) is 7.64. The molecule has 0 rings (SSSR count). The molecule has 0 aliphatic heterocycles. The fraction of sp³-hybridized carbons (Fsp3) is 0.889. The van der Waals surface area contributed by atoms with E-state index in [9.17, 15) is 0 Å². The predicted octanol–water partition coefficient (Wildman–Crippen LogP) is 2.02. The standard InChI is InChI=1S/C9H18N2/c1-3-8-11(4-2)9-6-5-7-10/h3-6,8-9H2,1-2H3. The van der Waals surface area contributed by atoms with Gasteiger partial charge in [-0.15, -0.1) is 0 Å². The Morgan fingerprint density at radius 2 is 2.00 bits per heavy atom. The van der Waals surface area contributed by atoms with Crippen LogP contribution in [0.25, 0.3) is 0 Å². The van der Waals surface area contributed by atoms with Gasteiger partial charge in [-0.2, -0.15) is 5.26 Å². The maximum atomic E-state index is 8.31. The van der Waals surface area contributed by atoms with Crippen molar-refractivity contribution in [3.05, 3.63) is 0 Å². The molecular weight excluding hydrogens is 136 g/mol. The Kier molecular flexibility index (Phi) is 7.18. The topological polar surface area (TPSA) is 27.0 Å². The second-order valence-corrected chi connectivity index (χ2v) is 2.70. The summed E-state index contributed by atoms with van der Waals surface area (Å²) in [6, 6.07) is 2.16. The molecule has 0 aliphatic carbocycles. The minimum Gasteiger partial charge on any atom is -0.304 e. The van der Waals surface area contributed by atoms with Crippen LogP contribution in [-0.4, -0.2) is 24.5 Å². The summed E-state index contributed by atoms with van der Waals surface area (Å²) in [5, 5.41) is 8.31. The third-order valence-corrected chi connectivity index (χ3v) is 1.75. The summed E-state index contributed by atoms with van der Waals surface area (Å²) in [5.74, 6) is 0. The van der Waals surface area contributed by atoms with E-state index in [0.717, 1.165) is 19.5 Å². The molecule has 0 N–H and O–H groups in total. The lowest BCUT2D eigenvalue weighted by Gasteiger charge is -2.18. The Morgan fingerprint density at radius 1 is 1.27 bits per heavy atom. The quantitative estimate of drug-likeness (QED) is 0.547. The molecule has 0 fully saturated rings. The SMILES string of the molecule is CCCN(CC)CCCC#N. The summed E-state index contributed by atoms with van der Waals surface area (Å²) in [7, 11) is 0. The van der Waals surface area contributed by atoms with E-state index in [-0.39, 0.29) is 0 Å². The average Bonchev–Trinajstić information content (AvgIpc) is 2.03.